The average Bonchev–Trinajstić information content (AvgIpc) is 2.76. The van der Waals surface area contributed by atoms with Gasteiger partial charge in [0.25, 0.3) is 0 Å². The number of rotatable bonds is 2. The van der Waals surface area contributed by atoms with E-state index >= 15 is 0 Å². The number of likely N-dealkylation sites (tertiary alicyclic amines) is 1. The largest absolute Gasteiger partial charge is 0.396 e. The van der Waals surface area contributed by atoms with Crippen LogP contribution in [0.1, 0.15) is 51.4 Å². The van der Waals surface area contributed by atoms with Crippen LogP contribution in [-0.4, -0.2) is 35.6 Å². The summed E-state index contributed by atoms with van der Waals surface area (Å²) < 4.78 is 0. The molecule has 1 unspecified atom stereocenters. The maximum atomic E-state index is 12.4. The fourth-order valence-corrected chi connectivity index (χ4v) is 3.14. The molecule has 0 aromatic carbocycles. The number of carbonyl (C=O) groups is 1. The summed E-state index contributed by atoms with van der Waals surface area (Å²) in [6.07, 6.45) is 9.51. The average molecular weight is 239 g/mol. The highest BCUT2D eigenvalue weighted by Gasteiger charge is 2.30. The van der Waals surface area contributed by atoms with Crippen molar-refractivity contribution in [3.05, 3.63) is 0 Å². The zero-order valence-corrected chi connectivity index (χ0v) is 10.7. The minimum Gasteiger partial charge on any atom is -0.396 e. The second kappa shape index (κ2) is 6.39. The summed E-state index contributed by atoms with van der Waals surface area (Å²) in [7, 11) is 0. The van der Waals surface area contributed by atoms with Gasteiger partial charge in [-0.3, -0.25) is 4.79 Å². The molecule has 17 heavy (non-hydrogen) atoms. The van der Waals surface area contributed by atoms with Gasteiger partial charge in [-0.2, -0.15) is 0 Å². The van der Waals surface area contributed by atoms with Crippen LogP contribution in [0.25, 0.3) is 0 Å². The normalized spacial score (nSPS) is 27.8. The van der Waals surface area contributed by atoms with E-state index in [1.165, 1.54) is 32.1 Å². The molecule has 1 amide bonds. The van der Waals surface area contributed by atoms with E-state index < -0.39 is 0 Å². The van der Waals surface area contributed by atoms with Crippen molar-refractivity contribution in [1.82, 2.24) is 4.90 Å². The van der Waals surface area contributed by atoms with Crippen molar-refractivity contribution in [2.75, 3.05) is 19.7 Å². The van der Waals surface area contributed by atoms with Crippen LogP contribution in [0, 0.1) is 11.8 Å². The van der Waals surface area contributed by atoms with Gasteiger partial charge in [0, 0.05) is 31.5 Å². The van der Waals surface area contributed by atoms with Gasteiger partial charge in [0.2, 0.25) is 5.91 Å². The van der Waals surface area contributed by atoms with Crippen LogP contribution in [0.2, 0.25) is 0 Å². The number of nitrogens with zero attached hydrogens (tertiary/aromatic N) is 1. The van der Waals surface area contributed by atoms with E-state index in [1.54, 1.807) is 0 Å². The van der Waals surface area contributed by atoms with E-state index in [0.29, 0.717) is 11.8 Å². The Hall–Kier alpha value is -0.570. The van der Waals surface area contributed by atoms with Crippen molar-refractivity contribution in [1.29, 1.82) is 0 Å². The molecule has 1 aliphatic carbocycles. The molecule has 2 fully saturated rings. The van der Waals surface area contributed by atoms with Crippen molar-refractivity contribution in [2.24, 2.45) is 11.8 Å². The first-order valence-electron chi connectivity index (χ1n) is 7.21. The number of carbonyl (C=O) groups excluding carboxylic acids is 1. The lowest BCUT2D eigenvalue weighted by molar-refractivity contribution is -0.135. The molecule has 0 spiro atoms. The molecule has 1 heterocycles. The first-order valence-corrected chi connectivity index (χ1v) is 7.21. The summed E-state index contributed by atoms with van der Waals surface area (Å²) in [6.45, 7) is 1.88. The van der Waals surface area contributed by atoms with Crippen LogP contribution in [0.15, 0.2) is 0 Å². The van der Waals surface area contributed by atoms with E-state index in [9.17, 15) is 4.79 Å². The van der Waals surface area contributed by atoms with E-state index in [2.05, 4.69) is 0 Å². The van der Waals surface area contributed by atoms with Crippen molar-refractivity contribution in [2.45, 2.75) is 51.4 Å². The molecule has 1 aliphatic heterocycles. The predicted octanol–water partition coefficient (Wildman–Crippen LogP) is 2.19. The monoisotopic (exact) mass is 239 g/mol. The minimum atomic E-state index is 0.231. The van der Waals surface area contributed by atoms with Gasteiger partial charge < -0.3 is 10.0 Å². The molecule has 0 radical (unpaired) electrons. The summed E-state index contributed by atoms with van der Waals surface area (Å²) in [6, 6.07) is 0. The Balaban J connectivity index is 1.85. The van der Waals surface area contributed by atoms with Crippen molar-refractivity contribution >= 4 is 5.91 Å². The molecule has 2 rings (SSSR count). The molecule has 2 aliphatic rings. The molecule has 1 saturated carbocycles. The Kier molecular flexibility index (Phi) is 4.84. The van der Waals surface area contributed by atoms with Crippen LogP contribution in [0.5, 0.6) is 0 Å². The van der Waals surface area contributed by atoms with E-state index in [4.69, 9.17) is 5.11 Å². The van der Waals surface area contributed by atoms with Crippen LogP contribution in [0.3, 0.4) is 0 Å². The van der Waals surface area contributed by atoms with Crippen molar-refractivity contribution < 1.29 is 9.90 Å². The van der Waals surface area contributed by atoms with Gasteiger partial charge in [0.05, 0.1) is 0 Å². The van der Waals surface area contributed by atoms with Gasteiger partial charge in [0.1, 0.15) is 0 Å². The highest BCUT2D eigenvalue weighted by Crippen LogP contribution is 2.26. The van der Waals surface area contributed by atoms with E-state index in [-0.39, 0.29) is 12.5 Å². The van der Waals surface area contributed by atoms with Gasteiger partial charge in [-0.05, 0) is 19.3 Å². The second-order valence-corrected chi connectivity index (χ2v) is 5.66. The lowest BCUT2D eigenvalue weighted by Gasteiger charge is -2.25. The number of amides is 1. The third-order valence-electron chi connectivity index (χ3n) is 4.31. The molecule has 0 bridgehead atoms. The SMILES string of the molecule is O=C(C1CCCCCCC1)N1CCC(CO)C1. The zero-order valence-electron chi connectivity index (χ0n) is 10.7. The quantitative estimate of drug-likeness (QED) is 0.802. The van der Waals surface area contributed by atoms with Crippen LogP contribution in [0.4, 0.5) is 0 Å². The molecule has 1 N–H and O–H groups in total. The maximum Gasteiger partial charge on any atom is 0.225 e. The summed E-state index contributed by atoms with van der Waals surface area (Å²) in [5.41, 5.74) is 0. The van der Waals surface area contributed by atoms with Gasteiger partial charge in [-0.25, -0.2) is 0 Å². The summed E-state index contributed by atoms with van der Waals surface area (Å²) >= 11 is 0. The van der Waals surface area contributed by atoms with Crippen LogP contribution >= 0.6 is 0 Å². The standard InChI is InChI=1S/C14H25NO2/c16-11-12-8-9-15(10-12)14(17)13-6-4-2-1-3-5-7-13/h12-13,16H,1-11H2. The van der Waals surface area contributed by atoms with Crippen molar-refractivity contribution in [3.8, 4) is 0 Å². The Bertz CT molecular complexity index is 247. The Labute approximate surface area is 104 Å². The zero-order chi connectivity index (χ0) is 12.1. The lowest BCUT2D eigenvalue weighted by Crippen LogP contribution is -2.35. The topological polar surface area (TPSA) is 40.5 Å². The second-order valence-electron chi connectivity index (χ2n) is 5.66. The summed E-state index contributed by atoms with van der Waals surface area (Å²) in [5.74, 6) is 0.961. The first-order chi connectivity index (χ1) is 8.31. The smallest absolute Gasteiger partial charge is 0.225 e. The maximum absolute atomic E-state index is 12.4. The van der Waals surface area contributed by atoms with E-state index in [0.717, 1.165) is 32.4 Å². The molecule has 1 saturated heterocycles. The fourth-order valence-electron chi connectivity index (χ4n) is 3.14. The molecular formula is C14H25NO2. The van der Waals surface area contributed by atoms with Gasteiger partial charge in [-0.15, -0.1) is 0 Å². The van der Waals surface area contributed by atoms with Gasteiger partial charge >= 0.3 is 0 Å². The summed E-state index contributed by atoms with van der Waals surface area (Å²) in [4.78, 5) is 14.4. The van der Waals surface area contributed by atoms with Gasteiger partial charge in [-0.1, -0.05) is 32.1 Å². The Morgan fingerprint density at radius 2 is 1.71 bits per heavy atom. The Morgan fingerprint density at radius 1 is 1.06 bits per heavy atom. The van der Waals surface area contributed by atoms with Crippen LogP contribution < -0.4 is 0 Å². The molecule has 0 aromatic heterocycles. The van der Waals surface area contributed by atoms with Gasteiger partial charge in [0.15, 0.2) is 0 Å². The highest BCUT2D eigenvalue weighted by molar-refractivity contribution is 5.79. The van der Waals surface area contributed by atoms with E-state index in [1.807, 2.05) is 4.90 Å². The molecule has 1 atom stereocenters. The predicted molar refractivity (Wildman–Crippen MR) is 67.6 cm³/mol. The molecular weight excluding hydrogens is 214 g/mol. The molecule has 3 nitrogen and oxygen atoms in total. The molecule has 3 heteroatoms. The highest BCUT2D eigenvalue weighted by atomic mass is 16.3. The molecule has 0 aromatic rings. The molecule has 98 valence electrons. The van der Waals surface area contributed by atoms with Crippen molar-refractivity contribution in [3.63, 3.8) is 0 Å². The number of aliphatic hydroxyl groups is 1. The number of aliphatic hydroxyl groups excluding tert-OH is 1. The Morgan fingerprint density at radius 3 is 2.29 bits per heavy atom. The fraction of sp³-hybridized carbons (Fsp3) is 0.929. The lowest BCUT2D eigenvalue weighted by atomic mass is 9.90. The van der Waals surface area contributed by atoms with Crippen LogP contribution in [-0.2, 0) is 4.79 Å². The third kappa shape index (κ3) is 3.44. The number of hydrogen-bond acceptors (Lipinski definition) is 2. The first kappa shape index (κ1) is 12.9. The minimum absolute atomic E-state index is 0.231. The number of hydrogen-bond donors (Lipinski definition) is 1. The summed E-state index contributed by atoms with van der Waals surface area (Å²) in [5, 5.41) is 9.12. The third-order valence-corrected chi connectivity index (χ3v) is 4.31.